The van der Waals surface area contributed by atoms with Gasteiger partial charge < -0.3 is 19.4 Å². The van der Waals surface area contributed by atoms with Crippen molar-refractivity contribution in [3.05, 3.63) is 77.7 Å². The quantitative estimate of drug-likeness (QED) is 0.182. The number of hydrogen-bond donors (Lipinski definition) is 1. The number of anilines is 1. The number of furan rings is 1. The van der Waals surface area contributed by atoms with Crippen molar-refractivity contribution in [2.24, 2.45) is 0 Å². The number of carbonyl (C=O) groups excluding carboxylic acids is 1. The van der Waals surface area contributed by atoms with Crippen molar-refractivity contribution in [3.63, 3.8) is 0 Å². The number of fused-ring (bicyclic) bond motifs is 1. The number of amides is 1. The van der Waals surface area contributed by atoms with Gasteiger partial charge in [-0.25, -0.2) is 9.87 Å². The molecule has 4 rings (SSSR count). The molecule has 34 heavy (non-hydrogen) atoms. The van der Waals surface area contributed by atoms with Gasteiger partial charge in [0.15, 0.2) is 0 Å². The second-order valence-electron chi connectivity index (χ2n) is 7.90. The lowest BCUT2D eigenvalue weighted by atomic mass is 10.1. The molecule has 0 saturated heterocycles. The summed E-state index contributed by atoms with van der Waals surface area (Å²) in [6.45, 7) is 2.56. The summed E-state index contributed by atoms with van der Waals surface area (Å²) in [5.41, 5.74) is 1.98. The Hall–Kier alpha value is -3.37. The van der Waals surface area contributed by atoms with Crippen LogP contribution in [-0.4, -0.2) is 37.0 Å². The molecule has 4 aromatic rings. The molecule has 2 aromatic carbocycles. The van der Waals surface area contributed by atoms with Crippen LogP contribution in [0.3, 0.4) is 0 Å². The van der Waals surface area contributed by atoms with Crippen molar-refractivity contribution in [3.8, 4) is 11.5 Å². The van der Waals surface area contributed by atoms with Gasteiger partial charge in [-0.2, -0.15) is 4.33 Å². The monoisotopic (exact) mass is 479 g/mol. The van der Waals surface area contributed by atoms with Crippen molar-refractivity contribution in [1.82, 2.24) is 9.88 Å². The van der Waals surface area contributed by atoms with Crippen molar-refractivity contribution in [1.29, 1.82) is 0 Å². The Morgan fingerprint density at radius 3 is 2.59 bits per heavy atom. The maximum absolute atomic E-state index is 13.0. The zero-order chi connectivity index (χ0) is 24.1. The lowest BCUT2D eigenvalue weighted by molar-refractivity contribution is -0.160. The van der Waals surface area contributed by atoms with E-state index in [4.69, 9.17) is 13.5 Å². The van der Waals surface area contributed by atoms with Crippen LogP contribution in [0.1, 0.15) is 21.7 Å². The van der Waals surface area contributed by atoms with Crippen LogP contribution in [0.2, 0.25) is 0 Å². The average Bonchev–Trinajstić information content (AvgIpc) is 3.22. The minimum absolute atomic E-state index is 0.308. The molecular formula is C25H25N3O5S. The Kier molecular flexibility index (Phi) is 7.49. The Morgan fingerprint density at radius 2 is 1.91 bits per heavy atom. The smallest absolute Gasteiger partial charge is 0.257 e. The van der Waals surface area contributed by atoms with Gasteiger partial charge in [0.05, 0.1) is 31.1 Å². The molecule has 1 amide bonds. The number of carbonyl (C=O) groups is 1. The minimum Gasteiger partial charge on any atom is -0.460 e. The summed E-state index contributed by atoms with van der Waals surface area (Å²) >= 11 is 1.10. The summed E-state index contributed by atoms with van der Waals surface area (Å²) < 4.78 is 17.1. The maximum atomic E-state index is 13.0. The highest BCUT2D eigenvalue weighted by molar-refractivity contribution is 7.94. The molecule has 0 fully saturated rings. The van der Waals surface area contributed by atoms with Crippen LogP contribution in [0, 0.1) is 6.92 Å². The fourth-order valence-corrected chi connectivity index (χ4v) is 3.65. The van der Waals surface area contributed by atoms with Gasteiger partial charge in [0.1, 0.15) is 28.7 Å². The molecule has 8 nitrogen and oxygen atoms in total. The normalized spacial score (nSPS) is 11.2. The minimum atomic E-state index is -0.308. The molecule has 0 bridgehead atoms. The summed E-state index contributed by atoms with van der Waals surface area (Å²) in [5, 5.41) is 3.60. The number of benzene rings is 2. The fraction of sp³-hybridized carbons (Fsp3) is 0.200. The topological polar surface area (TPSA) is 86.1 Å². The number of nitrogens with one attached hydrogen (secondary N) is 1. The van der Waals surface area contributed by atoms with Gasteiger partial charge in [0.2, 0.25) is 0 Å². The first-order chi connectivity index (χ1) is 16.4. The van der Waals surface area contributed by atoms with Crippen LogP contribution < -0.4 is 10.1 Å². The Morgan fingerprint density at radius 1 is 1.12 bits per heavy atom. The van der Waals surface area contributed by atoms with E-state index in [1.54, 1.807) is 24.4 Å². The number of aromatic nitrogens is 1. The Bertz CT molecular complexity index is 1270. The van der Waals surface area contributed by atoms with E-state index >= 15 is 0 Å². The van der Waals surface area contributed by atoms with E-state index in [0.29, 0.717) is 35.0 Å². The van der Waals surface area contributed by atoms with E-state index in [0.717, 1.165) is 33.6 Å². The third kappa shape index (κ3) is 5.95. The summed E-state index contributed by atoms with van der Waals surface area (Å²) in [6, 6.07) is 16.3. The van der Waals surface area contributed by atoms with E-state index in [1.807, 2.05) is 62.3 Å². The van der Waals surface area contributed by atoms with Crippen LogP contribution >= 0.6 is 12.0 Å². The van der Waals surface area contributed by atoms with Crippen LogP contribution in [-0.2, 0) is 15.8 Å². The first-order valence-corrected chi connectivity index (χ1v) is 11.3. The lowest BCUT2D eigenvalue weighted by Crippen LogP contribution is -2.13. The molecule has 2 aromatic heterocycles. The molecule has 0 aliphatic carbocycles. The van der Waals surface area contributed by atoms with Gasteiger partial charge in [0.25, 0.3) is 5.91 Å². The van der Waals surface area contributed by atoms with Crippen LogP contribution in [0.5, 0.6) is 11.5 Å². The highest BCUT2D eigenvalue weighted by atomic mass is 32.2. The van der Waals surface area contributed by atoms with E-state index < -0.39 is 0 Å². The number of ether oxygens (including phenoxy) is 1. The number of hydrogen-bond acceptors (Lipinski definition) is 8. The van der Waals surface area contributed by atoms with Gasteiger partial charge in [-0.05, 0) is 75.1 Å². The molecule has 2 heterocycles. The van der Waals surface area contributed by atoms with Gasteiger partial charge in [-0.3, -0.25) is 4.79 Å². The third-order valence-electron chi connectivity index (χ3n) is 4.79. The average molecular weight is 480 g/mol. The van der Waals surface area contributed by atoms with Crippen molar-refractivity contribution >= 4 is 34.7 Å². The number of pyridine rings is 1. The zero-order valence-electron chi connectivity index (χ0n) is 19.3. The second-order valence-corrected chi connectivity index (χ2v) is 8.68. The van der Waals surface area contributed by atoms with E-state index in [1.165, 1.54) is 7.11 Å². The molecule has 0 aliphatic heterocycles. The summed E-state index contributed by atoms with van der Waals surface area (Å²) in [5.74, 6) is 2.05. The first kappa shape index (κ1) is 23.8. The Labute approximate surface area is 202 Å². The second kappa shape index (κ2) is 10.7. The predicted octanol–water partition coefficient (Wildman–Crippen LogP) is 5.83. The van der Waals surface area contributed by atoms with Gasteiger partial charge in [-0.1, -0.05) is 6.07 Å². The van der Waals surface area contributed by atoms with E-state index in [2.05, 4.69) is 15.2 Å². The first-order valence-electron chi connectivity index (χ1n) is 10.5. The molecule has 0 saturated carbocycles. The van der Waals surface area contributed by atoms with E-state index in [9.17, 15) is 4.79 Å². The van der Waals surface area contributed by atoms with Gasteiger partial charge >= 0.3 is 0 Å². The summed E-state index contributed by atoms with van der Waals surface area (Å²) in [6.07, 6.45) is 1.70. The predicted molar refractivity (Wildman–Crippen MR) is 131 cm³/mol. The highest BCUT2D eigenvalue weighted by Gasteiger charge is 2.17. The van der Waals surface area contributed by atoms with Crippen molar-refractivity contribution < 1.29 is 23.2 Å². The maximum Gasteiger partial charge on any atom is 0.257 e. The molecule has 176 valence electrons. The summed E-state index contributed by atoms with van der Waals surface area (Å²) in [4.78, 5) is 24.7. The highest BCUT2D eigenvalue weighted by Crippen LogP contribution is 2.35. The van der Waals surface area contributed by atoms with Gasteiger partial charge in [-0.15, -0.1) is 0 Å². The number of nitrogens with zero attached hydrogens (tertiary/aromatic N) is 2. The lowest BCUT2D eigenvalue weighted by Gasteiger charge is -2.10. The summed E-state index contributed by atoms with van der Waals surface area (Å²) in [7, 11) is 5.37. The van der Waals surface area contributed by atoms with Gasteiger partial charge in [0, 0.05) is 16.7 Å². The molecule has 0 radical (unpaired) electrons. The zero-order valence-corrected chi connectivity index (χ0v) is 20.1. The van der Waals surface area contributed by atoms with Crippen molar-refractivity contribution in [2.75, 3.05) is 26.5 Å². The molecular weight excluding hydrogens is 454 g/mol. The molecule has 0 unspecified atom stereocenters. The standard InChI is InChI=1S/C25H25N3O5S/c1-16-5-10-24(26-14-16)27-25(29)17-11-22(21-13-19(15-28(2)3)32-23(21)12-17)31-18-6-8-20(9-7-18)34-33-30-4/h5-14H,15H2,1-4H3,(H,26,27,29). The SMILES string of the molecule is COOSc1ccc(Oc2cc(C(=O)Nc3ccc(C)cn3)cc3oc(CN(C)C)cc23)cc1. The Balaban J connectivity index is 1.65. The molecule has 0 spiro atoms. The van der Waals surface area contributed by atoms with E-state index in [-0.39, 0.29) is 5.91 Å². The van der Waals surface area contributed by atoms with Crippen LogP contribution in [0.15, 0.2) is 70.1 Å². The number of aryl methyl sites for hydroxylation is 1. The molecule has 0 aliphatic rings. The van der Waals surface area contributed by atoms with Crippen LogP contribution in [0.4, 0.5) is 5.82 Å². The third-order valence-corrected chi connectivity index (χ3v) is 5.46. The largest absolute Gasteiger partial charge is 0.460 e. The molecule has 1 N–H and O–H groups in total. The molecule has 9 heteroatoms. The van der Waals surface area contributed by atoms with Crippen molar-refractivity contribution in [2.45, 2.75) is 18.4 Å². The molecule has 0 atom stereocenters. The number of rotatable bonds is 9. The van der Waals surface area contributed by atoms with Crippen LogP contribution in [0.25, 0.3) is 11.0 Å². The fourth-order valence-electron chi connectivity index (χ4n) is 3.26.